The van der Waals surface area contributed by atoms with E-state index in [9.17, 15) is 4.79 Å². The monoisotopic (exact) mass is 265 g/mol. The molecular formula is C12H19N5O2. The highest BCUT2D eigenvalue weighted by atomic mass is 16.4. The third-order valence-corrected chi connectivity index (χ3v) is 3.75. The smallest absolute Gasteiger partial charge is 0.238 e. The highest BCUT2D eigenvalue weighted by molar-refractivity contribution is 6.12. The van der Waals surface area contributed by atoms with E-state index in [2.05, 4.69) is 15.6 Å². The van der Waals surface area contributed by atoms with Crippen molar-refractivity contribution in [2.24, 2.45) is 23.4 Å². The Morgan fingerprint density at radius 3 is 2.68 bits per heavy atom. The lowest BCUT2D eigenvalue weighted by molar-refractivity contribution is -0.122. The van der Waals surface area contributed by atoms with Crippen LogP contribution in [0.5, 0.6) is 0 Å². The maximum absolute atomic E-state index is 12.5. The fraction of sp³-hybridized carbons (Fsp3) is 0.583. The summed E-state index contributed by atoms with van der Waals surface area (Å²) in [4.78, 5) is 12.5. The molecular weight excluding hydrogens is 246 g/mol. The molecule has 1 aromatic rings. The second kappa shape index (κ2) is 4.91. The first-order valence-corrected chi connectivity index (χ1v) is 6.29. The van der Waals surface area contributed by atoms with Gasteiger partial charge in [0.15, 0.2) is 5.84 Å². The molecule has 19 heavy (non-hydrogen) atoms. The van der Waals surface area contributed by atoms with Crippen LogP contribution in [0.3, 0.4) is 0 Å². The van der Waals surface area contributed by atoms with Gasteiger partial charge in [-0.1, -0.05) is 18.0 Å². The van der Waals surface area contributed by atoms with Gasteiger partial charge in [0.2, 0.25) is 5.91 Å². The summed E-state index contributed by atoms with van der Waals surface area (Å²) in [7, 11) is 1.79. The number of nitrogens with two attached hydrogens (primary N) is 1. The number of carbonyl (C=O) groups is 1. The Kier molecular flexibility index (Phi) is 3.46. The molecule has 1 saturated carbocycles. The van der Waals surface area contributed by atoms with Gasteiger partial charge in [-0.15, -0.1) is 0 Å². The van der Waals surface area contributed by atoms with Crippen molar-refractivity contribution in [3.8, 4) is 0 Å². The van der Waals surface area contributed by atoms with Gasteiger partial charge in [-0.2, -0.15) is 5.10 Å². The Morgan fingerprint density at radius 1 is 1.58 bits per heavy atom. The van der Waals surface area contributed by atoms with Gasteiger partial charge in [0.25, 0.3) is 0 Å². The van der Waals surface area contributed by atoms with E-state index >= 15 is 0 Å². The van der Waals surface area contributed by atoms with Crippen LogP contribution >= 0.6 is 0 Å². The number of carbonyl (C=O) groups excluding carboxylic acids is 1. The second-order valence-electron chi connectivity index (χ2n) is 5.03. The van der Waals surface area contributed by atoms with E-state index in [1.807, 2.05) is 6.92 Å². The molecule has 0 aromatic carbocycles. The van der Waals surface area contributed by atoms with Gasteiger partial charge >= 0.3 is 0 Å². The van der Waals surface area contributed by atoms with Gasteiger partial charge in [0.1, 0.15) is 5.41 Å². The Hall–Kier alpha value is -2.05. The summed E-state index contributed by atoms with van der Waals surface area (Å²) in [6.07, 6.45) is 4.75. The van der Waals surface area contributed by atoms with Gasteiger partial charge in [0, 0.05) is 13.2 Å². The molecule has 0 atom stereocenters. The molecule has 4 N–H and O–H groups in total. The maximum Gasteiger partial charge on any atom is 0.238 e. The number of nitrogens with one attached hydrogen (secondary N) is 1. The van der Waals surface area contributed by atoms with E-state index in [0.29, 0.717) is 18.5 Å². The van der Waals surface area contributed by atoms with Crippen LogP contribution < -0.4 is 11.1 Å². The van der Waals surface area contributed by atoms with E-state index in [0.717, 1.165) is 18.5 Å². The molecule has 0 radical (unpaired) electrons. The van der Waals surface area contributed by atoms with Crippen LogP contribution in [-0.2, 0) is 11.8 Å². The Bertz CT molecular complexity index is 514. The Labute approximate surface area is 111 Å². The van der Waals surface area contributed by atoms with Crippen molar-refractivity contribution in [3.05, 3.63) is 11.9 Å². The zero-order valence-electron chi connectivity index (χ0n) is 11.2. The average Bonchev–Trinajstić information content (AvgIpc) is 2.97. The van der Waals surface area contributed by atoms with Crippen LogP contribution in [-0.4, -0.2) is 26.7 Å². The van der Waals surface area contributed by atoms with Crippen LogP contribution in [0, 0.1) is 12.3 Å². The van der Waals surface area contributed by atoms with E-state index in [1.54, 1.807) is 17.9 Å². The van der Waals surface area contributed by atoms with Crippen molar-refractivity contribution in [2.75, 3.05) is 5.32 Å². The number of aryl methyl sites for hydroxylation is 2. The molecule has 0 unspecified atom stereocenters. The summed E-state index contributed by atoms with van der Waals surface area (Å²) in [5.41, 5.74) is 6.23. The van der Waals surface area contributed by atoms with E-state index in [-0.39, 0.29) is 11.7 Å². The topological polar surface area (TPSA) is 106 Å². The van der Waals surface area contributed by atoms with Crippen LogP contribution in [0.2, 0.25) is 0 Å². The number of oxime groups is 1. The van der Waals surface area contributed by atoms with E-state index < -0.39 is 5.41 Å². The summed E-state index contributed by atoms with van der Waals surface area (Å²) in [5, 5.41) is 19.0. The molecule has 0 aliphatic heterocycles. The summed E-state index contributed by atoms with van der Waals surface area (Å²) >= 11 is 0. The van der Waals surface area contributed by atoms with Crippen LogP contribution in [0.1, 0.15) is 31.4 Å². The maximum atomic E-state index is 12.5. The zero-order valence-corrected chi connectivity index (χ0v) is 11.2. The minimum absolute atomic E-state index is 0.0101. The summed E-state index contributed by atoms with van der Waals surface area (Å²) in [6, 6.07) is 0. The second-order valence-corrected chi connectivity index (χ2v) is 5.03. The number of amides is 1. The van der Waals surface area contributed by atoms with Gasteiger partial charge in [0.05, 0.1) is 11.4 Å². The van der Waals surface area contributed by atoms with E-state index in [4.69, 9.17) is 10.9 Å². The number of nitrogens with zero attached hydrogens (tertiary/aromatic N) is 3. The molecule has 1 aromatic heterocycles. The number of rotatable bonds is 3. The summed E-state index contributed by atoms with van der Waals surface area (Å²) < 4.78 is 1.63. The first-order valence-electron chi connectivity index (χ1n) is 6.29. The molecule has 0 bridgehead atoms. The predicted octanol–water partition coefficient (Wildman–Crippen LogP) is 0.974. The number of hydrogen-bond acceptors (Lipinski definition) is 4. The number of aromatic nitrogens is 2. The molecule has 1 aliphatic carbocycles. The van der Waals surface area contributed by atoms with Gasteiger partial charge in [-0.05, 0) is 19.8 Å². The van der Waals surface area contributed by atoms with Crippen molar-refractivity contribution < 1.29 is 10.0 Å². The summed E-state index contributed by atoms with van der Waals surface area (Å²) in [5.74, 6) is -0.236. The molecule has 1 heterocycles. The molecule has 7 heteroatoms. The molecule has 104 valence electrons. The van der Waals surface area contributed by atoms with Crippen molar-refractivity contribution in [1.82, 2.24) is 9.78 Å². The van der Waals surface area contributed by atoms with Crippen LogP contribution in [0.15, 0.2) is 11.4 Å². The van der Waals surface area contributed by atoms with Gasteiger partial charge in [-0.3, -0.25) is 9.48 Å². The molecule has 7 nitrogen and oxygen atoms in total. The average molecular weight is 265 g/mol. The molecule has 0 saturated heterocycles. The third kappa shape index (κ3) is 2.27. The molecule has 1 fully saturated rings. The Morgan fingerprint density at radius 2 is 2.21 bits per heavy atom. The lowest BCUT2D eigenvalue weighted by Crippen LogP contribution is -2.45. The van der Waals surface area contributed by atoms with Crippen LogP contribution in [0.4, 0.5) is 5.69 Å². The third-order valence-electron chi connectivity index (χ3n) is 3.75. The standard InChI is InChI=1S/C12H19N5O2/c1-8-9(7-17(2)15-8)14-11(18)12(10(13)16-19)5-3-4-6-12/h7,19H,3-6H2,1-2H3,(H2,13,16)(H,14,18). The minimum Gasteiger partial charge on any atom is -0.409 e. The normalized spacial score (nSPS) is 18.5. The lowest BCUT2D eigenvalue weighted by atomic mass is 9.83. The number of amidine groups is 1. The van der Waals surface area contributed by atoms with E-state index in [1.165, 1.54) is 0 Å². The predicted molar refractivity (Wildman–Crippen MR) is 70.9 cm³/mol. The largest absolute Gasteiger partial charge is 0.409 e. The lowest BCUT2D eigenvalue weighted by Gasteiger charge is -2.25. The van der Waals surface area contributed by atoms with Crippen molar-refractivity contribution >= 4 is 17.4 Å². The molecule has 1 amide bonds. The Balaban J connectivity index is 2.24. The van der Waals surface area contributed by atoms with Gasteiger partial charge < -0.3 is 16.3 Å². The zero-order chi connectivity index (χ0) is 14.0. The fourth-order valence-electron chi connectivity index (χ4n) is 2.64. The minimum atomic E-state index is -0.892. The SMILES string of the molecule is Cc1nn(C)cc1NC(=O)C1(/C(N)=N/O)CCCC1. The van der Waals surface area contributed by atoms with Gasteiger partial charge in [-0.25, -0.2) is 0 Å². The van der Waals surface area contributed by atoms with Crippen molar-refractivity contribution in [2.45, 2.75) is 32.6 Å². The highest BCUT2D eigenvalue weighted by Crippen LogP contribution is 2.39. The first-order chi connectivity index (χ1) is 8.99. The molecule has 1 aliphatic rings. The van der Waals surface area contributed by atoms with Crippen molar-refractivity contribution in [3.63, 3.8) is 0 Å². The van der Waals surface area contributed by atoms with Crippen molar-refractivity contribution in [1.29, 1.82) is 0 Å². The van der Waals surface area contributed by atoms with Crippen LogP contribution in [0.25, 0.3) is 0 Å². The summed E-state index contributed by atoms with van der Waals surface area (Å²) in [6.45, 7) is 1.82. The number of hydrogen-bond donors (Lipinski definition) is 3. The first kappa shape index (κ1) is 13.4. The quantitative estimate of drug-likeness (QED) is 0.328. The highest BCUT2D eigenvalue weighted by Gasteiger charge is 2.45. The number of anilines is 1. The molecule has 0 spiro atoms. The fourth-order valence-corrected chi connectivity index (χ4v) is 2.64. The molecule has 2 rings (SSSR count).